The molecule has 0 atom stereocenters. The van der Waals surface area contributed by atoms with E-state index in [1.54, 1.807) is 0 Å². The lowest BCUT2D eigenvalue weighted by Crippen LogP contribution is -2.39. The summed E-state index contributed by atoms with van der Waals surface area (Å²) in [5, 5.41) is 8.62. The maximum absolute atomic E-state index is 11.2. The van der Waals surface area contributed by atoms with Crippen molar-refractivity contribution in [2.24, 2.45) is 0 Å². The molecule has 0 amide bonds. The highest BCUT2D eigenvalue weighted by Crippen LogP contribution is 2.11. The SMILES string of the molecule is O=S1CCN(CCOc2ccc(C#CCO)cc2)CC1. The molecule has 0 bridgehead atoms. The van der Waals surface area contributed by atoms with E-state index >= 15 is 0 Å². The van der Waals surface area contributed by atoms with Crippen LogP contribution in [0.4, 0.5) is 0 Å². The predicted octanol–water partition coefficient (Wildman–Crippen LogP) is 0.474. The van der Waals surface area contributed by atoms with Gasteiger partial charge in [0.05, 0.1) is 0 Å². The van der Waals surface area contributed by atoms with Gasteiger partial charge in [-0.25, -0.2) is 0 Å². The van der Waals surface area contributed by atoms with Gasteiger partial charge in [0.15, 0.2) is 0 Å². The van der Waals surface area contributed by atoms with Crippen LogP contribution in [0, 0.1) is 11.8 Å². The normalized spacial score (nSPS) is 16.4. The Morgan fingerprint density at radius 3 is 2.60 bits per heavy atom. The molecule has 1 aromatic carbocycles. The van der Waals surface area contributed by atoms with Gasteiger partial charge in [-0.05, 0) is 24.3 Å². The van der Waals surface area contributed by atoms with Crippen molar-refractivity contribution < 1.29 is 14.1 Å². The Balaban J connectivity index is 1.72. The zero-order valence-corrected chi connectivity index (χ0v) is 12.2. The number of hydrogen-bond donors (Lipinski definition) is 1. The molecule has 0 aliphatic carbocycles. The minimum atomic E-state index is -0.621. The van der Waals surface area contributed by atoms with Gasteiger partial charge in [0, 0.05) is 47.5 Å². The lowest BCUT2D eigenvalue weighted by atomic mass is 10.2. The summed E-state index contributed by atoms with van der Waals surface area (Å²) in [4.78, 5) is 2.28. The largest absolute Gasteiger partial charge is 0.492 e. The first-order valence-electron chi connectivity index (χ1n) is 6.68. The summed E-state index contributed by atoms with van der Waals surface area (Å²) in [5.74, 6) is 7.82. The molecule has 1 N–H and O–H groups in total. The molecular weight excluding hydrogens is 274 g/mol. The molecular formula is C15H19NO3S. The van der Waals surface area contributed by atoms with E-state index in [2.05, 4.69) is 16.7 Å². The van der Waals surface area contributed by atoms with Crippen LogP contribution in [-0.4, -0.2) is 58.6 Å². The third kappa shape index (κ3) is 4.97. The Morgan fingerprint density at radius 2 is 1.95 bits per heavy atom. The van der Waals surface area contributed by atoms with Crippen molar-refractivity contribution >= 4 is 10.8 Å². The fourth-order valence-electron chi connectivity index (χ4n) is 1.97. The quantitative estimate of drug-likeness (QED) is 0.820. The molecule has 0 unspecified atom stereocenters. The number of benzene rings is 1. The maximum Gasteiger partial charge on any atom is 0.119 e. The summed E-state index contributed by atoms with van der Waals surface area (Å²) < 4.78 is 16.9. The third-order valence-corrected chi connectivity index (χ3v) is 4.39. The highest BCUT2D eigenvalue weighted by molar-refractivity contribution is 7.85. The minimum Gasteiger partial charge on any atom is -0.492 e. The second-order valence-corrected chi connectivity index (χ2v) is 6.22. The van der Waals surface area contributed by atoms with E-state index in [4.69, 9.17) is 9.84 Å². The molecule has 1 aliphatic rings. The highest BCUT2D eigenvalue weighted by atomic mass is 32.2. The van der Waals surface area contributed by atoms with Gasteiger partial charge in [0.25, 0.3) is 0 Å². The van der Waals surface area contributed by atoms with Crippen molar-refractivity contribution in [3.63, 3.8) is 0 Å². The zero-order valence-electron chi connectivity index (χ0n) is 11.4. The summed E-state index contributed by atoms with van der Waals surface area (Å²) in [6.07, 6.45) is 0. The second kappa shape index (κ2) is 8.05. The first-order chi connectivity index (χ1) is 9.78. The Morgan fingerprint density at radius 1 is 1.25 bits per heavy atom. The van der Waals surface area contributed by atoms with Gasteiger partial charge < -0.3 is 9.84 Å². The number of ether oxygens (including phenoxy) is 1. The fraction of sp³-hybridized carbons (Fsp3) is 0.467. The van der Waals surface area contributed by atoms with Crippen LogP contribution in [0.2, 0.25) is 0 Å². The molecule has 4 nitrogen and oxygen atoms in total. The second-order valence-electron chi connectivity index (χ2n) is 4.52. The van der Waals surface area contributed by atoms with Gasteiger partial charge in [-0.2, -0.15) is 0 Å². The van der Waals surface area contributed by atoms with Crippen molar-refractivity contribution in [2.45, 2.75) is 0 Å². The lowest BCUT2D eigenvalue weighted by molar-refractivity contribution is 0.221. The molecule has 1 aromatic rings. The van der Waals surface area contributed by atoms with Crippen LogP contribution in [-0.2, 0) is 10.8 Å². The molecule has 1 fully saturated rings. The maximum atomic E-state index is 11.2. The highest BCUT2D eigenvalue weighted by Gasteiger charge is 2.14. The van der Waals surface area contributed by atoms with Crippen LogP contribution in [0.1, 0.15) is 5.56 Å². The van der Waals surface area contributed by atoms with Gasteiger partial charge in [0.2, 0.25) is 0 Å². The Kier molecular flexibility index (Phi) is 6.06. The van der Waals surface area contributed by atoms with Gasteiger partial charge in [-0.1, -0.05) is 11.8 Å². The van der Waals surface area contributed by atoms with E-state index < -0.39 is 10.8 Å². The topological polar surface area (TPSA) is 49.8 Å². The van der Waals surface area contributed by atoms with Crippen molar-refractivity contribution in [2.75, 3.05) is 44.4 Å². The van der Waals surface area contributed by atoms with E-state index in [0.717, 1.165) is 42.5 Å². The summed E-state index contributed by atoms with van der Waals surface area (Å²) in [6.45, 7) is 3.16. The van der Waals surface area contributed by atoms with Crippen LogP contribution in [0.5, 0.6) is 5.75 Å². The lowest BCUT2D eigenvalue weighted by Gasteiger charge is -2.25. The van der Waals surface area contributed by atoms with E-state index in [1.807, 2.05) is 24.3 Å². The van der Waals surface area contributed by atoms with E-state index in [-0.39, 0.29) is 6.61 Å². The first kappa shape index (κ1) is 15.0. The molecule has 0 aromatic heterocycles. The average Bonchev–Trinajstić information content (AvgIpc) is 2.48. The molecule has 20 heavy (non-hydrogen) atoms. The number of nitrogens with zero attached hydrogens (tertiary/aromatic N) is 1. The molecule has 0 radical (unpaired) electrons. The summed E-state index contributed by atoms with van der Waals surface area (Å²) in [6, 6.07) is 7.52. The van der Waals surface area contributed by atoms with Crippen LogP contribution < -0.4 is 4.74 Å². The molecule has 1 heterocycles. The minimum absolute atomic E-state index is 0.126. The molecule has 1 aliphatic heterocycles. The van der Waals surface area contributed by atoms with Crippen LogP contribution in [0.25, 0.3) is 0 Å². The Labute approximate surface area is 122 Å². The predicted molar refractivity (Wildman–Crippen MR) is 80.2 cm³/mol. The van der Waals surface area contributed by atoms with Crippen molar-refractivity contribution in [1.29, 1.82) is 0 Å². The van der Waals surface area contributed by atoms with Gasteiger partial charge in [-0.15, -0.1) is 0 Å². The smallest absolute Gasteiger partial charge is 0.119 e. The van der Waals surface area contributed by atoms with Crippen LogP contribution in [0.15, 0.2) is 24.3 Å². The summed E-state index contributed by atoms with van der Waals surface area (Å²) >= 11 is 0. The number of aliphatic hydroxyl groups excluding tert-OH is 1. The van der Waals surface area contributed by atoms with E-state index in [1.165, 1.54) is 0 Å². The molecule has 0 saturated carbocycles. The fourth-order valence-corrected chi connectivity index (χ4v) is 3.10. The van der Waals surface area contributed by atoms with Crippen molar-refractivity contribution in [1.82, 2.24) is 4.90 Å². The van der Waals surface area contributed by atoms with Gasteiger partial charge in [0.1, 0.15) is 19.0 Å². The summed E-state index contributed by atoms with van der Waals surface area (Å²) in [5.41, 5.74) is 0.866. The molecule has 1 saturated heterocycles. The van der Waals surface area contributed by atoms with Crippen molar-refractivity contribution in [3.8, 4) is 17.6 Å². The third-order valence-electron chi connectivity index (χ3n) is 3.11. The molecule has 108 valence electrons. The number of rotatable bonds is 4. The van der Waals surface area contributed by atoms with Crippen LogP contribution >= 0.6 is 0 Å². The van der Waals surface area contributed by atoms with Gasteiger partial charge in [-0.3, -0.25) is 9.11 Å². The standard InChI is InChI=1S/C15H19NO3S/c17-10-1-2-14-3-5-15(6-4-14)19-11-7-16-8-12-20(18)13-9-16/h3-6,17H,7-13H2. The summed E-state index contributed by atoms with van der Waals surface area (Å²) in [7, 11) is -0.621. The van der Waals surface area contributed by atoms with E-state index in [9.17, 15) is 4.21 Å². The number of aliphatic hydroxyl groups is 1. The Hall–Kier alpha value is -1.35. The molecule has 2 rings (SSSR count). The average molecular weight is 293 g/mol. The van der Waals surface area contributed by atoms with Gasteiger partial charge >= 0.3 is 0 Å². The zero-order chi connectivity index (χ0) is 14.2. The van der Waals surface area contributed by atoms with Crippen LogP contribution in [0.3, 0.4) is 0 Å². The van der Waals surface area contributed by atoms with Crippen molar-refractivity contribution in [3.05, 3.63) is 29.8 Å². The molecule has 5 heteroatoms. The Bertz CT molecular complexity index is 494. The monoisotopic (exact) mass is 293 g/mol. The first-order valence-corrected chi connectivity index (χ1v) is 8.16. The molecule has 0 spiro atoms. The number of hydrogen-bond acceptors (Lipinski definition) is 4. The van der Waals surface area contributed by atoms with E-state index in [0.29, 0.717) is 6.61 Å².